The lowest BCUT2D eigenvalue weighted by atomic mass is 10.1. The minimum absolute atomic E-state index is 0.0765. The number of hydrogen-bond acceptors (Lipinski definition) is 5. The molecule has 0 fully saturated rings. The van der Waals surface area contributed by atoms with Crippen LogP contribution in [0.15, 0.2) is 47.4 Å². The first-order valence-corrected chi connectivity index (χ1v) is 12.4. The molecule has 11 heteroatoms. The topological polar surface area (TPSA) is 104 Å². The number of thioether (sulfide) groups is 1. The van der Waals surface area contributed by atoms with Gasteiger partial charge in [-0.1, -0.05) is 23.2 Å². The molecule has 0 bridgehead atoms. The van der Waals surface area contributed by atoms with Crippen LogP contribution in [0.25, 0.3) is 0 Å². The lowest BCUT2D eigenvalue weighted by Gasteiger charge is -2.19. The molecule has 0 radical (unpaired) electrons. The highest BCUT2D eigenvalue weighted by Crippen LogP contribution is 2.21. The van der Waals surface area contributed by atoms with Gasteiger partial charge in [0.05, 0.1) is 15.5 Å². The largest absolute Gasteiger partial charge is 0.340 e. The Hall–Kier alpha value is -1.78. The number of nitrogens with one attached hydrogen (secondary N) is 3. The van der Waals surface area contributed by atoms with E-state index in [0.29, 0.717) is 22.9 Å². The molecular weight excluding hydrogens is 469 g/mol. The van der Waals surface area contributed by atoms with Crippen molar-refractivity contribution >= 4 is 62.5 Å². The number of sulfonamides is 1. The second-order valence-electron chi connectivity index (χ2n) is 6.15. The van der Waals surface area contributed by atoms with Gasteiger partial charge in [-0.15, -0.1) is 0 Å². The maximum absolute atomic E-state index is 12.7. The second kappa shape index (κ2) is 11.0. The molecule has 162 valence electrons. The average molecular weight is 490 g/mol. The Morgan fingerprint density at radius 1 is 1.10 bits per heavy atom. The van der Waals surface area contributed by atoms with Gasteiger partial charge in [0.15, 0.2) is 0 Å². The molecule has 2 aromatic rings. The molecule has 1 unspecified atom stereocenters. The van der Waals surface area contributed by atoms with Gasteiger partial charge in [0.1, 0.15) is 6.04 Å². The summed E-state index contributed by atoms with van der Waals surface area (Å²) < 4.78 is 25.8. The van der Waals surface area contributed by atoms with Gasteiger partial charge in [-0.05, 0) is 67.9 Å². The van der Waals surface area contributed by atoms with Crippen LogP contribution in [0.2, 0.25) is 10.0 Å². The summed E-state index contributed by atoms with van der Waals surface area (Å²) in [6.45, 7) is 0. The zero-order valence-electron chi connectivity index (χ0n) is 16.2. The predicted molar refractivity (Wildman–Crippen MR) is 122 cm³/mol. The highest BCUT2D eigenvalue weighted by atomic mass is 35.5. The van der Waals surface area contributed by atoms with Crippen molar-refractivity contribution in [2.75, 3.05) is 24.4 Å². The molecule has 2 amide bonds. The summed E-state index contributed by atoms with van der Waals surface area (Å²) >= 11 is 13.5. The molecule has 1 atom stereocenters. The third-order valence-electron chi connectivity index (χ3n) is 4.11. The molecule has 0 aliphatic rings. The summed E-state index contributed by atoms with van der Waals surface area (Å²) in [4.78, 5) is 25.4. The number of amides is 2. The number of carbonyl (C=O) groups excluding carboxylic acids is 2. The normalized spacial score (nSPS) is 12.3. The van der Waals surface area contributed by atoms with E-state index in [-0.39, 0.29) is 15.5 Å². The first kappa shape index (κ1) is 24.5. The van der Waals surface area contributed by atoms with Crippen molar-refractivity contribution in [1.82, 2.24) is 10.0 Å². The quantitative estimate of drug-likeness (QED) is 0.500. The van der Waals surface area contributed by atoms with Gasteiger partial charge in [0.25, 0.3) is 5.91 Å². The van der Waals surface area contributed by atoms with Crippen molar-refractivity contribution in [1.29, 1.82) is 0 Å². The van der Waals surface area contributed by atoms with E-state index < -0.39 is 27.9 Å². The summed E-state index contributed by atoms with van der Waals surface area (Å²) in [5, 5.41) is 5.98. The summed E-state index contributed by atoms with van der Waals surface area (Å²) in [5.74, 6) is -0.272. The van der Waals surface area contributed by atoms with Gasteiger partial charge >= 0.3 is 0 Å². The molecule has 3 N–H and O–H groups in total. The number of carbonyl (C=O) groups is 2. The first-order valence-electron chi connectivity index (χ1n) is 8.77. The number of anilines is 1. The van der Waals surface area contributed by atoms with Crippen LogP contribution in [0.3, 0.4) is 0 Å². The number of rotatable bonds is 9. The summed E-state index contributed by atoms with van der Waals surface area (Å²) in [7, 11) is -2.25. The molecule has 7 nitrogen and oxygen atoms in total. The minimum atomic E-state index is -3.57. The molecule has 0 aliphatic heterocycles. The minimum Gasteiger partial charge on any atom is -0.340 e. The third kappa shape index (κ3) is 6.61. The van der Waals surface area contributed by atoms with E-state index >= 15 is 0 Å². The molecule has 2 aromatic carbocycles. The molecule has 2 rings (SSSR count). The fraction of sp³-hybridized carbons (Fsp3) is 0.263. The van der Waals surface area contributed by atoms with Gasteiger partial charge in [-0.25, -0.2) is 13.1 Å². The summed E-state index contributed by atoms with van der Waals surface area (Å²) in [6, 6.07) is 9.39. The van der Waals surface area contributed by atoms with Gasteiger partial charge in [0, 0.05) is 10.7 Å². The highest BCUT2D eigenvalue weighted by molar-refractivity contribution is 7.98. The van der Waals surface area contributed by atoms with Crippen molar-refractivity contribution in [3.8, 4) is 0 Å². The van der Waals surface area contributed by atoms with E-state index in [1.165, 1.54) is 43.4 Å². The zero-order valence-corrected chi connectivity index (χ0v) is 19.4. The van der Waals surface area contributed by atoms with E-state index in [4.69, 9.17) is 23.2 Å². The van der Waals surface area contributed by atoms with Crippen molar-refractivity contribution in [2.45, 2.75) is 17.4 Å². The number of benzene rings is 2. The summed E-state index contributed by atoms with van der Waals surface area (Å²) in [5.41, 5.74) is 0.618. The van der Waals surface area contributed by atoms with Crippen LogP contribution in [0, 0.1) is 0 Å². The van der Waals surface area contributed by atoms with E-state index in [1.54, 1.807) is 17.8 Å². The van der Waals surface area contributed by atoms with E-state index in [9.17, 15) is 18.0 Å². The van der Waals surface area contributed by atoms with E-state index in [0.717, 1.165) is 0 Å². The van der Waals surface area contributed by atoms with Crippen molar-refractivity contribution < 1.29 is 18.0 Å². The maximum Gasteiger partial charge on any atom is 0.253 e. The van der Waals surface area contributed by atoms with Crippen molar-refractivity contribution in [2.24, 2.45) is 0 Å². The van der Waals surface area contributed by atoms with Crippen LogP contribution in [0.1, 0.15) is 16.8 Å². The lowest BCUT2D eigenvalue weighted by Crippen LogP contribution is -2.44. The monoisotopic (exact) mass is 489 g/mol. The third-order valence-corrected chi connectivity index (χ3v) is 6.73. The van der Waals surface area contributed by atoms with Gasteiger partial charge in [-0.2, -0.15) is 11.8 Å². The van der Waals surface area contributed by atoms with Crippen LogP contribution in [-0.4, -0.2) is 45.3 Å². The smallest absolute Gasteiger partial charge is 0.253 e. The van der Waals surface area contributed by atoms with Gasteiger partial charge < -0.3 is 10.6 Å². The Labute approximate surface area is 190 Å². The van der Waals surface area contributed by atoms with Crippen LogP contribution in [0.5, 0.6) is 0 Å². The van der Waals surface area contributed by atoms with Crippen LogP contribution in [-0.2, 0) is 14.8 Å². The molecule has 30 heavy (non-hydrogen) atoms. The van der Waals surface area contributed by atoms with Crippen molar-refractivity contribution in [3.63, 3.8) is 0 Å². The Kier molecular flexibility index (Phi) is 8.99. The Balaban J connectivity index is 2.14. The maximum atomic E-state index is 12.7. The number of halogens is 2. The van der Waals surface area contributed by atoms with E-state index in [2.05, 4.69) is 15.4 Å². The predicted octanol–water partition coefficient (Wildman–Crippen LogP) is 3.39. The lowest BCUT2D eigenvalue weighted by molar-refractivity contribution is -0.118. The average Bonchev–Trinajstić information content (AvgIpc) is 2.71. The molecule has 0 aromatic heterocycles. The zero-order chi connectivity index (χ0) is 22.3. The second-order valence-corrected chi connectivity index (χ2v) is 9.87. The molecule has 0 aliphatic carbocycles. The molecule has 0 saturated carbocycles. The van der Waals surface area contributed by atoms with E-state index in [1.807, 2.05) is 6.26 Å². The highest BCUT2D eigenvalue weighted by Gasteiger charge is 2.23. The molecular formula is C19H21Cl2N3O4S2. The van der Waals surface area contributed by atoms with Gasteiger partial charge in [0.2, 0.25) is 15.9 Å². The number of hydrogen-bond donors (Lipinski definition) is 3. The first-order chi connectivity index (χ1) is 14.2. The Morgan fingerprint density at radius 2 is 1.77 bits per heavy atom. The standard InChI is InChI=1S/C19H21Cl2N3O4S2/c1-22-30(27,28)14-6-4-13(5-7-14)23-19(26)17(9-10-29-2)24-18(25)15-8-3-12(20)11-16(15)21/h3-8,11,17,22H,9-10H2,1-2H3,(H,23,26)(H,24,25). The Morgan fingerprint density at radius 3 is 2.33 bits per heavy atom. The SMILES string of the molecule is CNS(=O)(=O)c1ccc(NC(=O)C(CCSC)NC(=O)c2ccc(Cl)cc2Cl)cc1. The summed E-state index contributed by atoms with van der Waals surface area (Å²) in [6.07, 6.45) is 2.30. The molecule has 0 heterocycles. The molecule has 0 saturated heterocycles. The fourth-order valence-electron chi connectivity index (χ4n) is 2.48. The van der Waals surface area contributed by atoms with Crippen LogP contribution >= 0.6 is 35.0 Å². The molecule has 0 spiro atoms. The van der Waals surface area contributed by atoms with Gasteiger partial charge in [-0.3, -0.25) is 9.59 Å². The Bertz CT molecular complexity index is 1010. The van der Waals surface area contributed by atoms with Crippen LogP contribution in [0.4, 0.5) is 5.69 Å². The van der Waals surface area contributed by atoms with Crippen molar-refractivity contribution in [3.05, 3.63) is 58.1 Å². The van der Waals surface area contributed by atoms with Crippen LogP contribution < -0.4 is 15.4 Å². The fourth-order valence-corrected chi connectivity index (χ4v) is 4.17.